The minimum Gasteiger partial charge on any atom is -0.381 e. The highest BCUT2D eigenvalue weighted by molar-refractivity contribution is 5.79. The first-order chi connectivity index (χ1) is 11.4. The lowest BCUT2D eigenvalue weighted by Crippen LogP contribution is -2.30. The molecule has 128 valence electrons. The smallest absolute Gasteiger partial charge is 0.381 e. The predicted octanol–water partition coefficient (Wildman–Crippen LogP) is 2.41. The van der Waals surface area contributed by atoms with Gasteiger partial charge in [0.15, 0.2) is 0 Å². The molecule has 3 rings (SSSR count). The third kappa shape index (κ3) is 3.73. The number of carbonyl (C=O) groups excluding carboxylic acids is 1. The van der Waals surface area contributed by atoms with Crippen LogP contribution in [-0.2, 0) is 22.3 Å². The Morgan fingerprint density at radius 2 is 2.04 bits per heavy atom. The van der Waals surface area contributed by atoms with Crippen molar-refractivity contribution in [1.29, 1.82) is 0 Å². The average Bonchev–Trinajstić information content (AvgIpc) is 3.23. The van der Waals surface area contributed by atoms with Crippen molar-refractivity contribution in [1.82, 2.24) is 15.5 Å². The van der Waals surface area contributed by atoms with Gasteiger partial charge in [-0.1, -0.05) is 29.4 Å². The van der Waals surface area contributed by atoms with E-state index >= 15 is 0 Å². The zero-order valence-electron chi connectivity index (χ0n) is 12.5. The molecule has 0 saturated carbocycles. The molecule has 0 radical (unpaired) electrons. The van der Waals surface area contributed by atoms with Crippen LogP contribution in [0.5, 0.6) is 0 Å². The lowest BCUT2D eigenvalue weighted by atomic mass is 10.1. The number of hydrogen-bond acceptors (Lipinski definition) is 5. The van der Waals surface area contributed by atoms with E-state index in [4.69, 9.17) is 4.74 Å². The first-order valence-corrected chi connectivity index (χ1v) is 7.29. The molecule has 1 aliphatic heterocycles. The first kappa shape index (κ1) is 16.4. The Bertz CT molecular complexity index is 707. The van der Waals surface area contributed by atoms with Crippen molar-refractivity contribution in [3.8, 4) is 11.4 Å². The molecule has 1 amide bonds. The van der Waals surface area contributed by atoms with Gasteiger partial charge in [0.1, 0.15) is 0 Å². The standard InChI is InChI=1S/C15H14F3N3O3/c16-15(17,18)14-20-12(21-24-14)10-3-1-9(2-4-10)7-19-13(22)11-5-6-23-8-11/h1-4,11H,5-8H2,(H,19,22). The zero-order chi connectivity index (χ0) is 17.2. The maximum absolute atomic E-state index is 12.4. The van der Waals surface area contributed by atoms with Crippen molar-refractivity contribution in [3.63, 3.8) is 0 Å². The van der Waals surface area contributed by atoms with Crippen LogP contribution < -0.4 is 5.32 Å². The number of nitrogens with one attached hydrogen (secondary N) is 1. The number of ether oxygens (including phenoxy) is 1. The molecule has 24 heavy (non-hydrogen) atoms. The first-order valence-electron chi connectivity index (χ1n) is 7.29. The fourth-order valence-electron chi connectivity index (χ4n) is 2.30. The van der Waals surface area contributed by atoms with Gasteiger partial charge in [-0.25, -0.2) is 0 Å². The lowest BCUT2D eigenvalue weighted by Gasteiger charge is -2.09. The van der Waals surface area contributed by atoms with E-state index < -0.39 is 12.1 Å². The van der Waals surface area contributed by atoms with E-state index in [1.165, 1.54) is 0 Å². The van der Waals surface area contributed by atoms with Crippen LogP contribution in [0.25, 0.3) is 11.4 Å². The number of aromatic nitrogens is 2. The van der Waals surface area contributed by atoms with Crippen LogP contribution in [0.3, 0.4) is 0 Å². The molecule has 1 aliphatic rings. The van der Waals surface area contributed by atoms with E-state index in [-0.39, 0.29) is 17.6 Å². The van der Waals surface area contributed by atoms with Crippen molar-refractivity contribution >= 4 is 5.91 Å². The number of halogens is 3. The van der Waals surface area contributed by atoms with Gasteiger partial charge in [-0.05, 0) is 12.0 Å². The van der Waals surface area contributed by atoms with Gasteiger partial charge in [-0.15, -0.1) is 0 Å². The molecular weight excluding hydrogens is 327 g/mol. The summed E-state index contributed by atoms with van der Waals surface area (Å²) in [4.78, 5) is 15.2. The number of nitrogens with zero attached hydrogens (tertiary/aromatic N) is 2. The average molecular weight is 341 g/mol. The molecule has 9 heteroatoms. The van der Waals surface area contributed by atoms with Crippen molar-refractivity contribution in [3.05, 3.63) is 35.7 Å². The van der Waals surface area contributed by atoms with Crippen molar-refractivity contribution in [2.24, 2.45) is 5.92 Å². The van der Waals surface area contributed by atoms with Gasteiger partial charge in [0, 0.05) is 18.7 Å². The van der Waals surface area contributed by atoms with E-state index in [1.807, 2.05) is 0 Å². The topological polar surface area (TPSA) is 77.3 Å². The molecule has 1 aromatic heterocycles. The van der Waals surface area contributed by atoms with E-state index in [2.05, 4.69) is 20.0 Å². The summed E-state index contributed by atoms with van der Waals surface area (Å²) in [6.45, 7) is 1.36. The van der Waals surface area contributed by atoms with Gasteiger partial charge in [-0.2, -0.15) is 18.2 Å². The summed E-state index contributed by atoms with van der Waals surface area (Å²) in [7, 11) is 0. The minimum atomic E-state index is -4.67. The molecule has 1 N–H and O–H groups in total. The molecule has 1 unspecified atom stereocenters. The van der Waals surface area contributed by atoms with Crippen LogP contribution >= 0.6 is 0 Å². The summed E-state index contributed by atoms with van der Waals surface area (Å²) in [6, 6.07) is 6.52. The summed E-state index contributed by atoms with van der Waals surface area (Å²) in [5.74, 6) is -1.71. The Balaban J connectivity index is 1.61. The van der Waals surface area contributed by atoms with Gasteiger partial charge in [-0.3, -0.25) is 4.79 Å². The lowest BCUT2D eigenvalue weighted by molar-refractivity contribution is -0.159. The van der Waals surface area contributed by atoms with Gasteiger partial charge in [0.25, 0.3) is 0 Å². The Morgan fingerprint density at radius 1 is 1.29 bits per heavy atom. The van der Waals surface area contributed by atoms with E-state index in [0.29, 0.717) is 31.7 Å². The monoisotopic (exact) mass is 341 g/mol. The van der Waals surface area contributed by atoms with Gasteiger partial charge < -0.3 is 14.6 Å². The number of benzene rings is 1. The second-order valence-corrected chi connectivity index (χ2v) is 5.40. The number of rotatable bonds is 4. The van der Waals surface area contributed by atoms with Crippen LogP contribution in [0.15, 0.2) is 28.8 Å². The number of amides is 1. The van der Waals surface area contributed by atoms with Crippen molar-refractivity contribution < 1.29 is 27.2 Å². The molecule has 0 spiro atoms. The van der Waals surface area contributed by atoms with Gasteiger partial charge in [0.05, 0.1) is 12.5 Å². The van der Waals surface area contributed by atoms with E-state index in [9.17, 15) is 18.0 Å². The molecule has 2 heterocycles. The molecule has 1 aromatic carbocycles. The molecule has 6 nitrogen and oxygen atoms in total. The number of carbonyl (C=O) groups is 1. The summed E-state index contributed by atoms with van der Waals surface area (Å²) in [5, 5.41) is 6.13. The Hall–Kier alpha value is -2.42. The maximum atomic E-state index is 12.4. The Kier molecular flexibility index (Phi) is 4.52. The Labute approximate surface area is 135 Å². The van der Waals surface area contributed by atoms with Crippen LogP contribution in [0.4, 0.5) is 13.2 Å². The maximum Gasteiger partial charge on any atom is 0.471 e. The fourth-order valence-corrected chi connectivity index (χ4v) is 2.30. The van der Waals surface area contributed by atoms with Crippen molar-refractivity contribution in [2.75, 3.05) is 13.2 Å². The molecular formula is C15H14F3N3O3. The fraction of sp³-hybridized carbons (Fsp3) is 0.400. The molecule has 0 aliphatic carbocycles. The van der Waals surface area contributed by atoms with E-state index in [1.54, 1.807) is 24.3 Å². The summed E-state index contributed by atoms with van der Waals surface area (Å²) < 4.78 is 46.7. The molecule has 1 fully saturated rings. The highest BCUT2D eigenvalue weighted by atomic mass is 19.4. The van der Waals surface area contributed by atoms with E-state index in [0.717, 1.165) is 5.56 Å². The number of alkyl halides is 3. The highest BCUT2D eigenvalue weighted by Gasteiger charge is 2.38. The third-order valence-electron chi connectivity index (χ3n) is 3.65. The van der Waals surface area contributed by atoms with Crippen molar-refractivity contribution in [2.45, 2.75) is 19.1 Å². The second-order valence-electron chi connectivity index (χ2n) is 5.40. The molecule has 2 aromatic rings. The van der Waals surface area contributed by atoms with Gasteiger partial charge in [0.2, 0.25) is 11.7 Å². The summed E-state index contributed by atoms with van der Waals surface area (Å²) in [5.41, 5.74) is 1.21. The van der Waals surface area contributed by atoms with Crippen LogP contribution in [0.2, 0.25) is 0 Å². The van der Waals surface area contributed by atoms with Gasteiger partial charge >= 0.3 is 12.1 Å². The summed E-state index contributed by atoms with van der Waals surface area (Å²) >= 11 is 0. The van der Waals surface area contributed by atoms with Crippen LogP contribution in [0, 0.1) is 5.92 Å². The van der Waals surface area contributed by atoms with Crippen LogP contribution in [0.1, 0.15) is 17.9 Å². The third-order valence-corrected chi connectivity index (χ3v) is 3.65. The SMILES string of the molecule is O=C(NCc1ccc(-c2noc(C(F)(F)F)n2)cc1)C1CCOC1. The highest BCUT2D eigenvalue weighted by Crippen LogP contribution is 2.29. The molecule has 1 saturated heterocycles. The zero-order valence-corrected chi connectivity index (χ0v) is 12.5. The quantitative estimate of drug-likeness (QED) is 0.924. The number of hydrogen-bond donors (Lipinski definition) is 1. The predicted molar refractivity (Wildman–Crippen MR) is 75.5 cm³/mol. The molecule has 0 bridgehead atoms. The van der Waals surface area contributed by atoms with Crippen LogP contribution in [-0.4, -0.2) is 29.3 Å². The summed E-state index contributed by atoms with van der Waals surface area (Å²) in [6.07, 6.45) is -3.95. The normalized spacial score (nSPS) is 17.9. The molecule has 1 atom stereocenters. The Morgan fingerprint density at radius 3 is 2.62 bits per heavy atom. The minimum absolute atomic E-state index is 0.0652. The largest absolute Gasteiger partial charge is 0.471 e. The second kappa shape index (κ2) is 6.60.